The quantitative estimate of drug-likeness (QED) is 0.186. The number of morpholine rings is 1. The number of likely N-dealkylation sites (tertiary alicyclic amines) is 1. The number of benzene rings is 1. The number of esters is 1. The second-order valence-corrected chi connectivity index (χ2v) is 14.3. The molecule has 1 aromatic rings. The number of rotatable bonds is 17. The number of hydrogen-bond acceptors (Lipinski definition) is 9. The normalized spacial score (nSPS) is 27.8. The second kappa shape index (κ2) is 16.6. The van der Waals surface area contributed by atoms with Gasteiger partial charge in [-0.05, 0) is 37.7 Å². The van der Waals surface area contributed by atoms with Gasteiger partial charge in [-0.2, -0.15) is 0 Å². The molecular weight excluding hydrogens is 640 g/mol. The van der Waals surface area contributed by atoms with Gasteiger partial charge in [-0.15, -0.1) is 13.2 Å². The average molecular weight is 695 g/mol. The zero-order chi connectivity index (χ0) is 36.0. The lowest BCUT2D eigenvalue weighted by molar-refractivity contribution is -0.163. The molecule has 274 valence electrons. The molecule has 4 saturated heterocycles. The molecule has 2 N–H and O–H groups in total. The van der Waals surface area contributed by atoms with Gasteiger partial charge in [0.25, 0.3) is 0 Å². The van der Waals surface area contributed by atoms with Crippen LogP contribution in [0.4, 0.5) is 0 Å². The zero-order valence-electron chi connectivity index (χ0n) is 29.7. The number of allylic oxidation sites excluding steroid dienone is 1. The van der Waals surface area contributed by atoms with E-state index in [0.29, 0.717) is 51.1 Å². The van der Waals surface area contributed by atoms with E-state index in [0.717, 1.165) is 13.1 Å². The van der Waals surface area contributed by atoms with Crippen LogP contribution in [-0.2, 0) is 33.4 Å². The number of fused-ring (bicyclic) bond motifs is 1. The van der Waals surface area contributed by atoms with Crippen molar-refractivity contribution in [1.29, 1.82) is 0 Å². The van der Waals surface area contributed by atoms with Gasteiger partial charge in [0.05, 0.1) is 49.8 Å². The highest BCUT2D eigenvalue weighted by Gasteiger charge is 2.76. The molecule has 0 aliphatic carbocycles. The number of aliphatic hydroxyl groups excluding tert-OH is 1. The molecule has 0 saturated carbocycles. The molecule has 4 aliphatic rings. The van der Waals surface area contributed by atoms with Crippen LogP contribution in [0, 0.1) is 17.8 Å². The van der Waals surface area contributed by atoms with E-state index in [9.17, 15) is 24.3 Å². The van der Waals surface area contributed by atoms with Gasteiger partial charge in [0, 0.05) is 39.1 Å². The van der Waals surface area contributed by atoms with Crippen molar-refractivity contribution in [2.75, 3.05) is 52.5 Å². The molecule has 5 rings (SSSR count). The molecule has 4 aliphatic heterocycles. The summed E-state index contributed by atoms with van der Waals surface area (Å²) in [4.78, 5) is 61.9. The van der Waals surface area contributed by atoms with E-state index in [-0.39, 0.29) is 43.2 Å². The highest BCUT2D eigenvalue weighted by atomic mass is 16.6. The Hall–Kier alpha value is -3.58. The molecule has 0 aromatic heterocycles. The van der Waals surface area contributed by atoms with Crippen LogP contribution >= 0.6 is 0 Å². The standard InChI is InChI=1S/C38H54N4O8/c1-6-8-14-30(44)39-26(5)33(27-12-10-9-11-13-27)49-37(47)31-29-15-16-38(50-29)32(31)35(45)42(28(24-43)25(3)4)34(38)36(46)41(17-7-2)19-18-40-20-22-48-23-21-40/h6-7,9-13,25-26,28-29,31-34,43H,1-2,8,14-24H2,3-5H3,(H,39,44)/t26-,28+,29+,31-,32-,33-,34+,38-/m1/s1. The van der Waals surface area contributed by atoms with Crippen LogP contribution in [0.3, 0.4) is 0 Å². The topological polar surface area (TPSA) is 138 Å². The van der Waals surface area contributed by atoms with Gasteiger partial charge >= 0.3 is 5.97 Å². The SMILES string of the molecule is C=CCCC(=O)N[C@H](C)[C@@H](OC(=O)[C@@H]1[C@@H]2CC[C@]3(O2)[C@H](C(=O)N(CC=C)CCN2CCOCC2)N([C@@H](CO)C(C)C)C(=O)[C@@H]13)c1ccccc1. The van der Waals surface area contributed by atoms with Crippen molar-refractivity contribution in [3.05, 3.63) is 61.2 Å². The van der Waals surface area contributed by atoms with Gasteiger partial charge in [0.2, 0.25) is 17.7 Å². The molecule has 8 atom stereocenters. The first kappa shape index (κ1) is 37.7. The fraction of sp³-hybridized carbons (Fsp3) is 0.632. The number of hydrogen-bond donors (Lipinski definition) is 2. The fourth-order valence-electron chi connectivity index (χ4n) is 8.26. The van der Waals surface area contributed by atoms with E-state index in [2.05, 4.69) is 23.4 Å². The Bertz CT molecular complexity index is 1380. The third-order valence-electron chi connectivity index (χ3n) is 10.8. The lowest BCUT2D eigenvalue weighted by Gasteiger charge is -2.40. The maximum atomic E-state index is 14.8. The Kier molecular flexibility index (Phi) is 12.5. The average Bonchev–Trinajstić information content (AvgIpc) is 3.76. The molecule has 3 amide bonds. The maximum absolute atomic E-state index is 14.8. The van der Waals surface area contributed by atoms with Crippen molar-refractivity contribution in [2.24, 2.45) is 17.8 Å². The van der Waals surface area contributed by atoms with Gasteiger partial charge < -0.3 is 34.4 Å². The summed E-state index contributed by atoms with van der Waals surface area (Å²) in [6.45, 7) is 17.0. The van der Waals surface area contributed by atoms with Crippen LogP contribution in [0.2, 0.25) is 0 Å². The maximum Gasteiger partial charge on any atom is 0.313 e. The number of carbonyl (C=O) groups excluding carboxylic acids is 4. The first-order valence-electron chi connectivity index (χ1n) is 18.0. The smallest absolute Gasteiger partial charge is 0.313 e. The van der Waals surface area contributed by atoms with Crippen LogP contribution in [0.25, 0.3) is 0 Å². The van der Waals surface area contributed by atoms with E-state index >= 15 is 0 Å². The van der Waals surface area contributed by atoms with Crippen LogP contribution in [0.15, 0.2) is 55.6 Å². The largest absolute Gasteiger partial charge is 0.455 e. The van der Waals surface area contributed by atoms with Crippen LogP contribution in [-0.4, -0.2) is 126 Å². The molecule has 12 nitrogen and oxygen atoms in total. The summed E-state index contributed by atoms with van der Waals surface area (Å²) in [5.74, 6) is -3.56. The molecule has 1 aromatic carbocycles. The van der Waals surface area contributed by atoms with Gasteiger partial charge in [0.15, 0.2) is 0 Å². The zero-order valence-corrected chi connectivity index (χ0v) is 29.7. The predicted molar refractivity (Wildman–Crippen MR) is 187 cm³/mol. The molecule has 1 spiro atoms. The minimum absolute atomic E-state index is 0.175. The second-order valence-electron chi connectivity index (χ2n) is 14.3. The van der Waals surface area contributed by atoms with Gasteiger partial charge in [-0.25, -0.2) is 0 Å². The van der Waals surface area contributed by atoms with Crippen molar-refractivity contribution in [1.82, 2.24) is 20.0 Å². The van der Waals surface area contributed by atoms with Crippen molar-refractivity contribution in [2.45, 2.75) is 82.4 Å². The molecule has 0 unspecified atom stereocenters. The highest BCUT2D eigenvalue weighted by molar-refractivity contribution is 5.98. The van der Waals surface area contributed by atoms with Crippen molar-refractivity contribution < 1.29 is 38.5 Å². The van der Waals surface area contributed by atoms with Crippen LogP contribution in [0.5, 0.6) is 0 Å². The first-order chi connectivity index (χ1) is 24.1. The van der Waals surface area contributed by atoms with E-state index in [1.165, 1.54) is 4.90 Å². The minimum Gasteiger partial charge on any atom is -0.455 e. The molecule has 0 radical (unpaired) electrons. The highest BCUT2D eigenvalue weighted by Crippen LogP contribution is 2.59. The lowest BCUT2D eigenvalue weighted by Crippen LogP contribution is -2.60. The van der Waals surface area contributed by atoms with Crippen LogP contribution < -0.4 is 5.32 Å². The molecule has 4 fully saturated rings. The van der Waals surface area contributed by atoms with E-state index in [1.807, 2.05) is 44.2 Å². The third kappa shape index (κ3) is 7.54. The first-order valence-corrected chi connectivity index (χ1v) is 18.0. The number of amides is 3. The number of carbonyl (C=O) groups is 4. The van der Waals surface area contributed by atoms with Gasteiger partial charge in [-0.1, -0.05) is 56.3 Å². The van der Waals surface area contributed by atoms with Crippen LogP contribution in [0.1, 0.15) is 58.1 Å². The molecule has 2 bridgehead atoms. The summed E-state index contributed by atoms with van der Waals surface area (Å²) in [7, 11) is 0. The van der Waals surface area contributed by atoms with Gasteiger partial charge in [-0.3, -0.25) is 24.1 Å². The number of ether oxygens (including phenoxy) is 3. The van der Waals surface area contributed by atoms with E-state index < -0.39 is 53.7 Å². The van der Waals surface area contributed by atoms with Crippen molar-refractivity contribution in [3.8, 4) is 0 Å². The minimum atomic E-state index is -1.25. The lowest BCUT2D eigenvalue weighted by atomic mass is 9.70. The van der Waals surface area contributed by atoms with Crippen molar-refractivity contribution in [3.63, 3.8) is 0 Å². The Balaban J connectivity index is 1.45. The Labute approximate surface area is 295 Å². The molecule has 4 heterocycles. The summed E-state index contributed by atoms with van der Waals surface area (Å²) < 4.78 is 18.4. The number of aliphatic hydroxyl groups is 1. The van der Waals surface area contributed by atoms with Crippen molar-refractivity contribution >= 4 is 23.7 Å². The predicted octanol–water partition coefficient (Wildman–Crippen LogP) is 2.48. The van der Waals surface area contributed by atoms with E-state index in [1.54, 1.807) is 24.0 Å². The summed E-state index contributed by atoms with van der Waals surface area (Å²) >= 11 is 0. The summed E-state index contributed by atoms with van der Waals surface area (Å²) in [6.07, 6.45) is 3.56. The Morgan fingerprint density at radius 1 is 1.14 bits per heavy atom. The molecular formula is C38H54N4O8. The Morgan fingerprint density at radius 2 is 1.86 bits per heavy atom. The fourth-order valence-corrected chi connectivity index (χ4v) is 8.26. The Morgan fingerprint density at radius 3 is 2.50 bits per heavy atom. The number of nitrogens with zero attached hydrogens (tertiary/aromatic N) is 3. The van der Waals surface area contributed by atoms with E-state index in [4.69, 9.17) is 14.2 Å². The van der Waals surface area contributed by atoms with Gasteiger partial charge in [0.1, 0.15) is 17.7 Å². The molecule has 50 heavy (non-hydrogen) atoms. The molecule has 12 heteroatoms. The number of nitrogens with one attached hydrogen (secondary N) is 1. The summed E-state index contributed by atoms with van der Waals surface area (Å²) in [5.41, 5.74) is -0.556. The monoisotopic (exact) mass is 694 g/mol. The summed E-state index contributed by atoms with van der Waals surface area (Å²) in [5, 5.41) is 13.6. The third-order valence-corrected chi connectivity index (χ3v) is 10.8. The summed E-state index contributed by atoms with van der Waals surface area (Å²) in [6, 6.07) is 6.93.